The Morgan fingerprint density at radius 2 is 2.26 bits per heavy atom. The highest BCUT2D eigenvalue weighted by atomic mass is 79.9. The maximum absolute atomic E-state index is 12.0. The molecule has 19 heavy (non-hydrogen) atoms. The Bertz CT molecular complexity index is 656. The first-order valence-corrected chi connectivity index (χ1v) is 6.76. The zero-order chi connectivity index (χ0) is 14.0. The molecule has 1 N–H and O–H groups in total. The van der Waals surface area contributed by atoms with E-state index in [4.69, 9.17) is 0 Å². The molecule has 0 bridgehead atoms. The van der Waals surface area contributed by atoms with Crippen LogP contribution in [0.2, 0.25) is 0 Å². The summed E-state index contributed by atoms with van der Waals surface area (Å²) in [4.78, 5) is 26.2. The highest BCUT2D eigenvalue weighted by Crippen LogP contribution is 2.24. The number of hydrogen-bond acceptors (Lipinski definition) is 5. The van der Waals surface area contributed by atoms with Crippen LogP contribution in [0.3, 0.4) is 0 Å². The van der Waals surface area contributed by atoms with Gasteiger partial charge in [0.05, 0.1) is 14.9 Å². The number of benzene rings is 1. The molecule has 2 rings (SSSR count). The van der Waals surface area contributed by atoms with Crippen molar-refractivity contribution >= 4 is 44.0 Å². The molecule has 1 amide bonds. The molecule has 0 aliphatic heterocycles. The molecule has 8 heteroatoms. The van der Waals surface area contributed by atoms with Crippen LogP contribution in [0, 0.1) is 17.0 Å². The average Bonchev–Trinajstić information content (AvgIpc) is 2.74. The Morgan fingerprint density at radius 3 is 2.84 bits per heavy atom. The SMILES string of the molecule is Cc1ccc([N+](=O)[O-])cc1C(=O)Nc1ncc(Br)s1. The number of rotatable bonds is 3. The van der Waals surface area contributed by atoms with Crippen LogP contribution in [0.1, 0.15) is 15.9 Å². The monoisotopic (exact) mass is 341 g/mol. The van der Waals surface area contributed by atoms with E-state index in [2.05, 4.69) is 26.2 Å². The Kier molecular flexibility index (Phi) is 3.91. The predicted molar refractivity (Wildman–Crippen MR) is 75.6 cm³/mol. The zero-order valence-electron chi connectivity index (χ0n) is 9.71. The summed E-state index contributed by atoms with van der Waals surface area (Å²) in [5, 5.41) is 13.7. The van der Waals surface area contributed by atoms with Crippen LogP contribution in [0.5, 0.6) is 0 Å². The third kappa shape index (κ3) is 3.15. The maximum Gasteiger partial charge on any atom is 0.270 e. The number of anilines is 1. The van der Waals surface area contributed by atoms with Crippen molar-refractivity contribution in [2.45, 2.75) is 6.92 Å². The minimum Gasteiger partial charge on any atom is -0.298 e. The number of nitro groups is 1. The van der Waals surface area contributed by atoms with Crippen molar-refractivity contribution in [1.82, 2.24) is 4.98 Å². The highest BCUT2D eigenvalue weighted by molar-refractivity contribution is 9.11. The van der Waals surface area contributed by atoms with E-state index in [1.807, 2.05) is 0 Å². The molecule has 6 nitrogen and oxygen atoms in total. The molecule has 1 heterocycles. The van der Waals surface area contributed by atoms with Crippen molar-refractivity contribution in [2.24, 2.45) is 0 Å². The number of carbonyl (C=O) groups is 1. The molecular weight excluding hydrogens is 334 g/mol. The smallest absolute Gasteiger partial charge is 0.270 e. The average molecular weight is 342 g/mol. The van der Waals surface area contributed by atoms with Gasteiger partial charge in [0.1, 0.15) is 0 Å². The van der Waals surface area contributed by atoms with Gasteiger partial charge in [-0.15, -0.1) is 0 Å². The van der Waals surface area contributed by atoms with Crippen LogP contribution >= 0.6 is 27.3 Å². The van der Waals surface area contributed by atoms with Crippen LogP contribution in [-0.2, 0) is 0 Å². The van der Waals surface area contributed by atoms with E-state index in [1.54, 1.807) is 19.2 Å². The van der Waals surface area contributed by atoms with E-state index in [1.165, 1.54) is 23.5 Å². The van der Waals surface area contributed by atoms with Gasteiger partial charge < -0.3 is 0 Å². The van der Waals surface area contributed by atoms with Crippen molar-refractivity contribution in [3.63, 3.8) is 0 Å². The van der Waals surface area contributed by atoms with Gasteiger partial charge in [0, 0.05) is 17.7 Å². The molecule has 0 spiro atoms. The van der Waals surface area contributed by atoms with Crippen LogP contribution in [-0.4, -0.2) is 15.8 Å². The lowest BCUT2D eigenvalue weighted by atomic mass is 10.1. The maximum atomic E-state index is 12.0. The fourth-order valence-electron chi connectivity index (χ4n) is 1.44. The van der Waals surface area contributed by atoms with Crippen LogP contribution in [0.25, 0.3) is 0 Å². The molecule has 0 atom stereocenters. The normalized spacial score (nSPS) is 10.2. The second kappa shape index (κ2) is 5.45. The molecule has 0 fully saturated rings. The molecule has 2 aromatic rings. The zero-order valence-corrected chi connectivity index (χ0v) is 12.1. The summed E-state index contributed by atoms with van der Waals surface area (Å²) in [7, 11) is 0. The van der Waals surface area contributed by atoms with E-state index >= 15 is 0 Å². The van der Waals surface area contributed by atoms with Gasteiger partial charge in [-0.3, -0.25) is 20.2 Å². The van der Waals surface area contributed by atoms with Gasteiger partial charge in [-0.05, 0) is 28.4 Å². The number of nitrogens with one attached hydrogen (secondary N) is 1. The van der Waals surface area contributed by atoms with Crippen molar-refractivity contribution in [3.05, 3.63) is 49.4 Å². The first-order valence-electron chi connectivity index (χ1n) is 5.15. The molecule has 0 aliphatic rings. The summed E-state index contributed by atoms with van der Waals surface area (Å²) >= 11 is 4.51. The number of halogens is 1. The van der Waals surface area contributed by atoms with E-state index in [9.17, 15) is 14.9 Å². The van der Waals surface area contributed by atoms with Crippen molar-refractivity contribution in [2.75, 3.05) is 5.32 Å². The summed E-state index contributed by atoms with van der Waals surface area (Å²) in [6.45, 7) is 1.72. The number of nitro benzene ring substituents is 1. The number of non-ortho nitro benzene ring substituents is 1. The van der Waals surface area contributed by atoms with Gasteiger partial charge in [-0.2, -0.15) is 0 Å². The highest BCUT2D eigenvalue weighted by Gasteiger charge is 2.15. The molecule has 98 valence electrons. The summed E-state index contributed by atoms with van der Waals surface area (Å²) in [5.74, 6) is -0.414. The second-order valence-corrected chi connectivity index (χ2v) is 6.09. The fraction of sp³-hybridized carbons (Fsp3) is 0.0909. The van der Waals surface area contributed by atoms with Gasteiger partial charge in [0.15, 0.2) is 5.13 Å². The van der Waals surface area contributed by atoms with Gasteiger partial charge in [-0.25, -0.2) is 4.98 Å². The lowest BCUT2D eigenvalue weighted by Gasteiger charge is -2.05. The number of amides is 1. The molecule has 0 radical (unpaired) electrons. The number of hydrogen-bond donors (Lipinski definition) is 1. The van der Waals surface area contributed by atoms with Gasteiger partial charge >= 0.3 is 0 Å². The summed E-state index contributed by atoms with van der Waals surface area (Å²) in [6, 6.07) is 4.17. The minimum atomic E-state index is -0.532. The Labute approximate surface area is 120 Å². The van der Waals surface area contributed by atoms with Crippen LogP contribution in [0.15, 0.2) is 28.2 Å². The first-order chi connectivity index (χ1) is 8.97. The largest absolute Gasteiger partial charge is 0.298 e. The van der Waals surface area contributed by atoms with Crippen LogP contribution < -0.4 is 5.32 Å². The van der Waals surface area contributed by atoms with Crippen molar-refractivity contribution in [3.8, 4) is 0 Å². The fourth-order valence-corrected chi connectivity index (χ4v) is 2.55. The Hall–Kier alpha value is -1.80. The topological polar surface area (TPSA) is 85.1 Å². The number of nitrogens with zero attached hydrogens (tertiary/aromatic N) is 2. The van der Waals surface area contributed by atoms with Gasteiger partial charge in [0.2, 0.25) is 0 Å². The van der Waals surface area contributed by atoms with E-state index in [0.717, 1.165) is 3.79 Å². The molecular formula is C11H8BrN3O3S. The third-order valence-electron chi connectivity index (χ3n) is 2.37. The van der Waals surface area contributed by atoms with E-state index in [0.29, 0.717) is 10.7 Å². The van der Waals surface area contributed by atoms with E-state index in [-0.39, 0.29) is 11.3 Å². The van der Waals surface area contributed by atoms with Gasteiger partial charge in [-0.1, -0.05) is 17.4 Å². The molecule has 0 unspecified atom stereocenters. The predicted octanol–water partition coefficient (Wildman–Crippen LogP) is 3.37. The van der Waals surface area contributed by atoms with E-state index < -0.39 is 10.8 Å². The Morgan fingerprint density at radius 1 is 1.53 bits per heavy atom. The Balaban J connectivity index is 2.27. The molecule has 0 aliphatic carbocycles. The molecule has 0 saturated heterocycles. The molecule has 1 aromatic heterocycles. The number of carbonyl (C=O) groups excluding carboxylic acids is 1. The standard InChI is InChI=1S/C11H8BrN3O3S/c1-6-2-3-7(15(17)18)4-8(6)10(16)14-11-13-5-9(12)19-11/h2-5H,1H3,(H,13,14,16). The first kappa shape index (κ1) is 13.6. The van der Waals surface area contributed by atoms with Crippen molar-refractivity contribution < 1.29 is 9.72 Å². The lowest BCUT2D eigenvalue weighted by molar-refractivity contribution is -0.384. The summed E-state index contributed by atoms with van der Waals surface area (Å²) in [5.41, 5.74) is 0.815. The molecule has 0 saturated carbocycles. The molecule has 1 aromatic carbocycles. The number of aryl methyl sites for hydroxylation is 1. The van der Waals surface area contributed by atoms with Crippen LogP contribution in [0.4, 0.5) is 10.8 Å². The quantitative estimate of drug-likeness (QED) is 0.684. The minimum absolute atomic E-state index is 0.115. The number of thiazole rings is 1. The van der Waals surface area contributed by atoms with Crippen molar-refractivity contribution in [1.29, 1.82) is 0 Å². The van der Waals surface area contributed by atoms with Gasteiger partial charge in [0.25, 0.3) is 11.6 Å². The number of aromatic nitrogens is 1. The third-order valence-corrected chi connectivity index (χ3v) is 3.77. The summed E-state index contributed by atoms with van der Waals surface area (Å²) in [6.07, 6.45) is 1.57. The second-order valence-electron chi connectivity index (χ2n) is 3.68. The lowest BCUT2D eigenvalue weighted by Crippen LogP contribution is -2.13. The summed E-state index contributed by atoms with van der Waals surface area (Å²) < 4.78 is 0.790.